The van der Waals surface area contributed by atoms with Gasteiger partial charge in [0, 0.05) is 4.91 Å². The molecule has 1 fully saturated rings. The van der Waals surface area contributed by atoms with E-state index < -0.39 is 0 Å². The molecule has 9 nitrogen and oxygen atoms in total. The van der Waals surface area contributed by atoms with Gasteiger partial charge in [-0.1, -0.05) is 10.3 Å². The largest absolute Gasteiger partial charge is 0.447 e. The topological polar surface area (TPSA) is 109 Å². The van der Waals surface area contributed by atoms with Crippen molar-refractivity contribution >= 4 is 6.09 Å². The van der Waals surface area contributed by atoms with Gasteiger partial charge < -0.3 is 4.74 Å². The predicted octanol–water partition coefficient (Wildman–Crippen LogP) is 0.498. The van der Waals surface area contributed by atoms with Crippen LogP contribution < -0.4 is 0 Å². The molecule has 2 heterocycles. The third-order valence-electron chi connectivity index (χ3n) is 2.04. The van der Waals surface area contributed by atoms with Gasteiger partial charge in [0.05, 0.1) is 25.0 Å². The number of hydrogen-bond donors (Lipinski definition) is 0. The zero-order valence-electron chi connectivity index (χ0n) is 8.35. The Labute approximate surface area is 90.2 Å². The number of rotatable bonds is 4. The first-order valence-corrected chi connectivity index (χ1v) is 4.61. The van der Waals surface area contributed by atoms with Gasteiger partial charge >= 0.3 is 6.09 Å². The Balaban J connectivity index is 1.96. The molecule has 0 atom stereocenters. The Morgan fingerprint density at radius 1 is 1.69 bits per heavy atom. The summed E-state index contributed by atoms with van der Waals surface area (Å²) in [6.07, 6.45) is 1.27. The van der Waals surface area contributed by atoms with Crippen molar-refractivity contribution in [3.63, 3.8) is 0 Å². The zero-order chi connectivity index (χ0) is 11.4. The van der Waals surface area contributed by atoms with Crippen LogP contribution in [0.1, 0.15) is 5.69 Å². The molecule has 0 spiro atoms. The van der Waals surface area contributed by atoms with Crippen LogP contribution in [0.3, 0.4) is 0 Å². The molecule has 0 radical (unpaired) electrons. The van der Waals surface area contributed by atoms with Crippen LogP contribution in [0, 0.1) is 0 Å². The normalized spacial score (nSPS) is 14.8. The molecule has 0 bridgehead atoms. The molecule has 1 aliphatic heterocycles. The number of azide groups is 1. The summed E-state index contributed by atoms with van der Waals surface area (Å²) in [6, 6.07) is 0. The van der Waals surface area contributed by atoms with Crippen molar-refractivity contribution in [3.05, 3.63) is 22.3 Å². The standard InChI is InChI=1S/C7H9N7O2/c8-11-9-3-6-4-14(12-10-6)5-13-1-2-16-7(13)15/h4H,1-3,5H2. The molecule has 0 aliphatic carbocycles. The van der Waals surface area contributed by atoms with Crippen LogP contribution in [0.4, 0.5) is 4.79 Å². The molecule has 1 aliphatic rings. The number of aromatic nitrogens is 3. The highest BCUT2D eigenvalue weighted by atomic mass is 16.6. The summed E-state index contributed by atoms with van der Waals surface area (Å²) in [6.45, 7) is 1.40. The number of nitrogens with zero attached hydrogens (tertiary/aromatic N) is 7. The number of hydrogen-bond acceptors (Lipinski definition) is 5. The molecule has 0 saturated carbocycles. The molecule has 16 heavy (non-hydrogen) atoms. The minimum atomic E-state index is -0.355. The van der Waals surface area contributed by atoms with Crippen LogP contribution in [0.15, 0.2) is 11.3 Å². The summed E-state index contributed by atoms with van der Waals surface area (Å²) in [4.78, 5) is 15.3. The van der Waals surface area contributed by atoms with E-state index >= 15 is 0 Å². The van der Waals surface area contributed by atoms with E-state index in [1.54, 1.807) is 6.20 Å². The number of amides is 1. The van der Waals surface area contributed by atoms with Gasteiger partial charge in [0.2, 0.25) is 0 Å². The Bertz CT molecular complexity index is 436. The third kappa shape index (κ3) is 2.20. The van der Waals surface area contributed by atoms with Crippen LogP contribution in [-0.2, 0) is 18.0 Å². The fraction of sp³-hybridized carbons (Fsp3) is 0.571. The van der Waals surface area contributed by atoms with Gasteiger partial charge in [-0.25, -0.2) is 9.48 Å². The van der Waals surface area contributed by atoms with Crippen molar-refractivity contribution in [2.75, 3.05) is 13.2 Å². The lowest BCUT2D eigenvalue weighted by atomic mass is 10.5. The maximum atomic E-state index is 11.1. The molecule has 1 amide bonds. The highest BCUT2D eigenvalue weighted by Crippen LogP contribution is 2.05. The second-order valence-corrected chi connectivity index (χ2v) is 3.16. The van der Waals surface area contributed by atoms with E-state index in [9.17, 15) is 4.79 Å². The van der Waals surface area contributed by atoms with Crippen molar-refractivity contribution in [1.82, 2.24) is 19.9 Å². The molecule has 1 aromatic rings. The van der Waals surface area contributed by atoms with Gasteiger partial charge in [-0.3, -0.25) is 4.90 Å². The molecule has 0 aromatic carbocycles. The molecule has 1 saturated heterocycles. The van der Waals surface area contributed by atoms with Crippen LogP contribution in [0.2, 0.25) is 0 Å². The lowest BCUT2D eigenvalue weighted by molar-refractivity contribution is 0.149. The van der Waals surface area contributed by atoms with E-state index in [1.807, 2.05) is 0 Å². The maximum Gasteiger partial charge on any atom is 0.411 e. The van der Waals surface area contributed by atoms with Crippen LogP contribution >= 0.6 is 0 Å². The highest BCUT2D eigenvalue weighted by Gasteiger charge is 2.22. The first-order valence-electron chi connectivity index (χ1n) is 4.61. The predicted molar refractivity (Wildman–Crippen MR) is 50.9 cm³/mol. The van der Waals surface area contributed by atoms with E-state index in [2.05, 4.69) is 20.3 Å². The van der Waals surface area contributed by atoms with Crippen molar-refractivity contribution in [2.45, 2.75) is 13.2 Å². The number of cyclic esters (lactones) is 1. The molecule has 1 aromatic heterocycles. The summed E-state index contributed by atoms with van der Waals surface area (Å²) in [5, 5.41) is 11.0. The van der Waals surface area contributed by atoms with Gasteiger partial charge in [0.25, 0.3) is 0 Å². The highest BCUT2D eigenvalue weighted by molar-refractivity contribution is 5.68. The molecular weight excluding hydrogens is 214 g/mol. The minimum absolute atomic E-state index is 0.154. The quantitative estimate of drug-likeness (QED) is 0.420. The van der Waals surface area contributed by atoms with Crippen molar-refractivity contribution in [3.8, 4) is 0 Å². The first-order chi connectivity index (χ1) is 7.79. The van der Waals surface area contributed by atoms with Gasteiger partial charge in [-0.15, -0.1) is 5.10 Å². The van der Waals surface area contributed by atoms with E-state index in [0.717, 1.165) is 0 Å². The van der Waals surface area contributed by atoms with Crippen LogP contribution in [0.25, 0.3) is 10.4 Å². The van der Waals surface area contributed by atoms with E-state index in [4.69, 9.17) is 10.3 Å². The Hall–Kier alpha value is -2.28. The lowest BCUT2D eigenvalue weighted by Gasteiger charge is -2.10. The average Bonchev–Trinajstić information content (AvgIpc) is 2.87. The monoisotopic (exact) mass is 223 g/mol. The summed E-state index contributed by atoms with van der Waals surface area (Å²) >= 11 is 0. The maximum absolute atomic E-state index is 11.1. The first kappa shape index (κ1) is 10.2. The van der Waals surface area contributed by atoms with E-state index in [-0.39, 0.29) is 12.6 Å². The molecule has 84 valence electrons. The fourth-order valence-electron chi connectivity index (χ4n) is 1.31. The lowest BCUT2D eigenvalue weighted by Crippen LogP contribution is -2.27. The minimum Gasteiger partial charge on any atom is -0.447 e. The molecule has 9 heteroatoms. The van der Waals surface area contributed by atoms with E-state index in [0.29, 0.717) is 25.5 Å². The zero-order valence-corrected chi connectivity index (χ0v) is 8.35. The van der Waals surface area contributed by atoms with Crippen LogP contribution in [-0.4, -0.2) is 39.1 Å². The molecule has 0 unspecified atom stereocenters. The smallest absolute Gasteiger partial charge is 0.411 e. The van der Waals surface area contributed by atoms with Crippen molar-refractivity contribution in [1.29, 1.82) is 0 Å². The third-order valence-corrected chi connectivity index (χ3v) is 2.04. The second-order valence-electron chi connectivity index (χ2n) is 3.16. The fourth-order valence-corrected chi connectivity index (χ4v) is 1.31. The number of carbonyl (C=O) groups excluding carboxylic acids is 1. The summed E-state index contributed by atoms with van der Waals surface area (Å²) in [5.74, 6) is 0. The average molecular weight is 223 g/mol. The van der Waals surface area contributed by atoms with Crippen molar-refractivity contribution < 1.29 is 9.53 Å². The summed E-state index contributed by atoms with van der Waals surface area (Å²) in [7, 11) is 0. The SMILES string of the molecule is [N-]=[N+]=NCc1cn(CN2CCOC2=O)nn1. The van der Waals surface area contributed by atoms with E-state index in [1.165, 1.54) is 9.58 Å². The summed E-state index contributed by atoms with van der Waals surface area (Å²) in [5.41, 5.74) is 8.69. The van der Waals surface area contributed by atoms with Gasteiger partial charge in [0.15, 0.2) is 0 Å². The summed E-state index contributed by atoms with van der Waals surface area (Å²) < 4.78 is 6.26. The van der Waals surface area contributed by atoms with Gasteiger partial charge in [-0.2, -0.15) is 0 Å². The number of ether oxygens (including phenoxy) is 1. The Kier molecular flexibility index (Phi) is 2.88. The Morgan fingerprint density at radius 2 is 2.56 bits per heavy atom. The van der Waals surface area contributed by atoms with Gasteiger partial charge in [0.1, 0.15) is 13.3 Å². The molecule has 2 rings (SSSR count). The molecule has 0 N–H and O–H groups in total. The van der Waals surface area contributed by atoms with Gasteiger partial charge in [-0.05, 0) is 5.53 Å². The Morgan fingerprint density at radius 3 is 3.25 bits per heavy atom. The molecular formula is C7H9N7O2. The second kappa shape index (κ2) is 4.49. The van der Waals surface area contributed by atoms with Crippen molar-refractivity contribution in [2.24, 2.45) is 5.11 Å². The van der Waals surface area contributed by atoms with Crippen LogP contribution in [0.5, 0.6) is 0 Å². The number of carbonyl (C=O) groups is 1.